The summed E-state index contributed by atoms with van der Waals surface area (Å²) in [6, 6.07) is 8.23. The lowest BCUT2D eigenvalue weighted by Gasteiger charge is -2.26. The minimum atomic E-state index is -0.554. The van der Waals surface area contributed by atoms with Crippen molar-refractivity contribution in [2.45, 2.75) is 33.3 Å². The predicted octanol–water partition coefficient (Wildman–Crippen LogP) is 2.94. The Hall–Kier alpha value is -2.75. The molecule has 24 heavy (non-hydrogen) atoms. The van der Waals surface area contributed by atoms with Crippen molar-refractivity contribution >= 4 is 17.8 Å². The molecule has 0 saturated carbocycles. The Morgan fingerprint density at radius 1 is 1.33 bits per heavy atom. The number of urea groups is 1. The summed E-state index contributed by atoms with van der Waals surface area (Å²) >= 11 is 0. The molecule has 7 heteroatoms. The molecule has 0 bridgehead atoms. The minimum Gasteiger partial charge on any atom is -0.444 e. The molecular weight excluding hydrogens is 308 g/mol. The van der Waals surface area contributed by atoms with Gasteiger partial charge >= 0.3 is 12.1 Å². The second kappa shape index (κ2) is 8.77. The topological polar surface area (TPSA) is 94.5 Å². The van der Waals surface area contributed by atoms with Crippen LogP contribution in [0.5, 0.6) is 0 Å². The van der Waals surface area contributed by atoms with Crippen molar-refractivity contribution in [3.05, 3.63) is 29.8 Å². The summed E-state index contributed by atoms with van der Waals surface area (Å²) in [5.74, 6) is 0. The van der Waals surface area contributed by atoms with Crippen LogP contribution in [0.15, 0.2) is 24.3 Å². The van der Waals surface area contributed by atoms with Crippen LogP contribution in [0.3, 0.4) is 0 Å². The second-order valence-corrected chi connectivity index (χ2v) is 6.13. The number of carbonyl (C=O) groups is 2. The first-order valence-electron chi connectivity index (χ1n) is 7.78. The smallest absolute Gasteiger partial charge is 0.410 e. The van der Waals surface area contributed by atoms with Crippen LogP contribution in [0.2, 0.25) is 0 Å². The Bertz CT molecular complexity index is 617. The number of anilines is 1. The van der Waals surface area contributed by atoms with E-state index in [-0.39, 0.29) is 6.54 Å². The zero-order chi connectivity index (χ0) is 18.2. The number of carbonyl (C=O) groups excluding carboxylic acids is 2. The highest BCUT2D eigenvalue weighted by Gasteiger charge is 2.20. The average molecular weight is 332 g/mol. The van der Waals surface area contributed by atoms with Gasteiger partial charge in [0.05, 0.1) is 11.6 Å². The van der Waals surface area contributed by atoms with Gasteiger partial charge in [0.2, 0.25) is 0 Å². The molecule has 7 nitrogen and oxygen atoms in total. The van der Waals surface area contributed by atoms with Crippen molar-refractivity contribution < 1.29 is 14.3 Å². The Kier molecular flexibility index (Phi) is 7.05. The van der Waals surface area contributed by atoms with E-state index in [0.717, 1.165) is 0 Å². The van der Waals surface area contributed by atoms with Crippen molar-refractivity contribution in [3.8, 4) is 6.07 Å². The molecule has 2 N–H and O–H groups in total. The van der Waals surface area contributed by atoms with Gasteiger partial charge in [-0.2, -0.15) is 5.26 Å². The number of likely N-dealkylation sites (N-methyl/N-ethyl adjacent to an activating group) is 1. The van der Waals surface area contributed by atoms with E-state index in [9.17, 15) is 9.59 Å². The van der Waals surface area contributed by atoms with Crippen LogP contribution < -0.4 is 10.6 Å². The molecule has 3 amide bonds. The van der Waals surface area contributed by atoms with E-state index in [2.05, 4.69) is 10.6 Å². The fourth-order valence-corrected chi connectivity index (χ4v) is 1.85. The Labute approximate surface area is 142 Å². The SMILES string of the molecule is CCN(CCNC(=O)Nc1cccc(C#N)c1)C(=O)OC(C)(C)C. The highest BCUT2D eigenvalue weighted by molar-refractivity contribution is 5.89. The van der Waals surface area contributed by atoms with E-state index in [1.807, 2.05) is 13.0 Å². The molecule has 1 aromatic rings. The highest BCUT2D eigenvalue weighted by atomic mass is 16.6. The second-order valence-electron chi connectivity index (χ2n) is 6.13. The number of nitrogens with one attached hydrogen (secondary N) is 2. The molecule has 0 aliphatic carbocycles. The summed E-state index contributed by atoms with van der Waals surface area (Å²) in [6.07, 6.45) is -0.408. The van der Waals surface area contributed by atoms with E-state index in [1.165, 1.54) is 4.90 Å². The van der Waals surface area contributed by atoms with Crippen molar-refractivity contribution in [2.24, 2.45) is 0 Å². The zero-order valence-electron chi connectivity index (χ0n) is 14.5. The Morgan fingerprint density at radius 3 is 2.62 bits per heavy atom. The first-order chi connectivity index (χ1) is 11.2. The molecule has 130 valence electrons. The van der Waals surface area contributed by atoms with Crippen molar-refractivity contribution in [2.75, 3.05) is 25.0 Å². The molecule has 0 heterocycles. The van der Waals surface area contributed by atoms with Gasteiger partial charge < -0.3 is 20.3 Å². The van der Waals surface area contributed by atoms with Gasteiger partial charge in [0, 0.05) is 25.3 Å². The van der Waals surface area contributed by atoms with E-state index in [4.69, 9.17) is 10.00 Å². The van der Waals surface area contributed by atoms with E-state index in [0.29, 0.717) is 24.3 Å². The fourth-order valence-electron chi connectivity index (χ4n) is 1.85. The van der Waals surface area contributed by atoms with Gasteiger partial charge in [0.15, 0.2) is 0 Å². The molecule has 1 rings (SSSR count). The summed E-state index contributed by atoms with van der Waals surface area (Å²) in [6.45, 7) is 8.38. The number of amides is 3. The largest absolute Gasteiger partial charge is 0.444 e. The Morgan fingerprint density at radius 2 is 2.04 bits per heavy atom. The van der Waals surface area contributed by atoms with Crippen molar-refractivity contribution in [3.63, 3.8) is 0 Å². The lowest BCUT2D eigenvalue weighted by atomic mass is 10.2. The van der Waals surface area contributed by atoms with Gasteiger partial charge in [0.1, 0.15) is 5.60 Å². The molecule has 0 fully saturated rings. The molecule has 0 saturated heterocycles. The lowest BCUT2D eigenvalue weighted by Crippen LogP contribution is -2.42. The predicted molar refractivity (Wildman–Crippen MR) is 91.7 cm³/mol. The molecule has 0 aliphatic heterocycles. The normalized spacial score (nSPS) is 10.5. The number of rotatable bonds is 5. The first-order valence-corrected chi connectivity index (χ1v) is 7.78. The van der Waals surface area contributed by atoms with Crippen LogP contribution in [0.4, 0.5) is 15.3 Å². The zero-order valence-corrected chi connectivity index (χ0v) is 14.5. The van der Waals surface area contributed by atoms with E-state index < -0.39 is 17.7 Å². The van der Waals surface area contributed by atoms with Crippen LogP contribution in [0, 0.1) is 11.3 Å². The summed E-state index contributed by atoms with van der Waals surface area (Å²) in [5.41, 5.74) is 0.446. The number of nitriles is 1. The van der Waals surface area contributed by atoms with Crippen LogP contribution in [0.1, 0.15) is 33.3 Å². The maximum Gasteiger partial charge on any atom is 0.410 e. The molecule has 1 aromatic carbocycles. The van der Waals surface area contributed by atoms with Crippen molar-refractivity contribution in [1.29, 1.82) is 5.26 Å². The third-order valence-corrected chi connectivity index (χ3v) is 2.95. The van der Waals surface area contributed by atoms with Gasteiger partial charge in [0.25, 0.3) is 0 Å². The number of hydrogen-bond acceptors (Lipinski definition) is 4. The van der Waals surface area contributed by atoms with E-state index >= 15 is 0 Å². The van der Waals surface area contributed by atoms with Crippen LogP contribution in [-0.2, 0) is 4.74 Å². The van der Waals surface area contributed by atoms with Crippen LogP contribution >= 0.6 is 0 Å². The van der Waals surface area contributed by atoms with Crippen LogP contribution in [-0.4, -0.2) is 42.3 Å². The molecule has 0 aliphatic rings. The minimum absolute atomic E-state index is 0.289. The molecule has 0 unspecified atom stereocenters. The molecule has 0 radical (unpaired) electrons. The molecule has 0 atom stereocenters. The monoisotopic (exact) mass is 332 g/mol. The first kappa shape index (κ1) is 19.3. The lowest BCUT2D eigenvalue weighted by molar-refractivity contribution is 0.0263. The van der Waals surface area contributed by atoms with Gasteiger partial charge in [-0.1, -0.05) is 6.07 Å². The summed E-state index contributed by atoms with van der Waals surface area (Å²) in [4.78, 5) is 25.3. The number of benzene rings is 1. The summed E-state index contributed by atoms with van der Waals surface area (Å²) in [5, 5.41) is 14.1. The van der Waals surface area contributed by atoms with Gasteiger partial charge in [-0.25, -0.2) is 9.59 Å². The average Bonchev–Trinajstić information content (AvgIpc) is 2.50. The maximum absolute atomic E-state index is 12.0. The fraction of sp³-hybridized carbons (Fsp3) is 0.471. The summed E-state index contributed by atoms with van der Waals surface area (Å²) in [7, 11) is 0. The van der Waals surface area contributed by atoms with Gasteiger partial charge in [-0.3, -0.25) is 0 Å². The number of hydrogen-bond donors (Lipinski definition) is 2. The third kappa shape index (κ3) is 7.01. The van der Waals surface area contributed by atoms with Gasteiger partial charge in [-0.05, 0) is 45.9 Å². The molecule has 0 aromatic heterocycles. The van der Waals surface area contributed by atoms with Crippen molar-refractivity contribution in [1.82, 2.24) is 10.2 Å². The van der Waals surface area contributed by atoms with Gasteiger partial charge in [-0.15, -0.1) is 0 Å². The molecule has 0 spiro atoms. The maximum atomic E-state index is 12.0. The van der Waals surface area contributed by atoms with Crippen LogP contribution in [0.25, 0.3) is 0 Å². The highest BCUT2D eigenvalue weighted by Crippen LogP contribution is 2.10. The number of nitrogens with zero attached hydrogens (tertiary/aromatic N) is 2. The third-order valence-electron chi connectivity index (χ3n) is 2.95. The standard InChI is InChI=1S/C17H24N4O3/c1-5-21(16(23)24-17(2,3)4)10-9-19-15(22)20-14-8-6-7-13(11-14)12-18/h6-8,11H,5,9-10H2,1-4H3,(H2,19,20,22). The Balaban J connectivity index is 2.43. The summed E-state index contributed by atoms with van der Waals surface area (Å²) < 4.78 is 5.30. The molecular formula is C17H24N4O3. The number of ether oxygens (including phenoxy) is 1. The quantitative estimate of drug-likeness (QED) is 0.866. The van der Waals surface area contributed by atoms with E-state index in [1.54, 1.807) is 45.0 Å².